The number of carbonyl (C=O) groups is 1. The van der Waals surface area contributed by atoms with Crippen molar-refractivity contribution in [1.82, 2.24) is 9.88 Å². The van der Waals surface area contributed by atoms with E-state index in [9.17, 15) is 4.79 Å². The summed E-state index contributed by atoms with van der Waals surface area (Å²) in [5.41, 5.74) is 8.81. The van der Waals surface area contributed by atoms with Gasteiger partial charge in [0.15, 0.2) is 0 Å². The first-order chi connectivity index (χ1) is 9.25. The number of aromatic nitrogens is 1. The Hall–Kier alpha value is -1.29. The third-order valence-corrected chi connectivity index (χ3v) is 4.25. The molecule has 0 bridgehead atoms. The minimum absolute atomic E-state index is 0.0262. The highest BCUT2D eigenvalue weighted by molar-refractivity contribution is 5.95. The average Bonchev–Trinajstić information content (AvgIpc) is 2.71. The van der Waals surface area contributed by atoms with Gasteiger partial charge >= 0.3 is 0 Å². The zero-order valence-electron chi connectivity index (χ0n) is 13.7. The molecule has 3 N–H and O–H groups in total. The molecule has 4 heteroatoms. The molecule has 0 spiro atoms. The van der Waals surface area contributed by atoms with Gasteiger partial charge in [0.1, 0.15) is 0 Å². The normalized spacial score (nSPS) is 12.0. The van der Waals surface area contributed by atoms with E-state index in [2.05, 4.69) is 37.6 Å². The van der Waals surface area contributed by atoms with Crippen LogP contribution in [-0.4, -0.2) is 22.6 Å². The van der Waals surface area contributed by atoms with E-state index < -0.39 is 0 Å². The minimum Gasteiger partial charge on any atom is -0.350 e. The molecule has 1 rings (SSSR count). The molecule has 0 fully saturated rings. The summed E-state index contributed by atoms with van der Waals surface area (Å²) in [5, 5.41) is 2.98. The summed E-state index contributed by atoms with van der Waals surface area (Å²) in [7, 11) is 0. The Balaban J connectivity index is 2.87. The third kappa shape index (κ3) is 3.42. The summed E-state index contributed by atoms with van der Waals surface area (Å²) in [4.78, 5) is 12.4. The van der Waals surface area contributed by atoms with Crippen molar-refractivity contribution >= 4 is 5.91 Å². The summed E-state index contributed by atoms with van der Waals surface area (Å²) < 4.78 is 2.18. The molecule has 1 aromatic rings. The molecule has 4 nitrogen and oxygen atoms in total. The van der Waals surface area contributed by atoms with Crippen LogP contribution < -0.4 is 11.1 Å². The number of carbonyl (C=O) groups excluding carboxylic acids is 1. The number of nitrogens with one attached hydrogen (secondary N) is 1. The van der Waals surface area contributed by atoms with Gasteiger partial charge in [-0.05, 0) is 46.6 Å². The third-order valence-electron chi connectivity index (χ3n) is 4.25. The number of nitrogens with zero attached hydrogens (tertiary/aromatic N) is 1. The summed E-state index contributed by atoms with van der Waals surface area (Å²) >= 11 is 0. The van der Waals surface area contributed by atoms with Gasteiger partial charge in [-0.1, -0.05) is 13.8 Å². The van der Waals surface area contributed by atoms with Crippen molar-refractivity contribution in [3.8, 4) is 0 Å². The number of aryl methyl sites for hydroxylation is 1. The standard InChI is InChI=1S/C16H29N3O/c1-7-16(17,8-2)10-18-15(20)14-9-12(5)19(11(3)4)13(14)6/h9,11H,7-8,10,17H2,1-6H3,(H,18,20). The predicted molar refractivity (Wildman–Crippen MR) is 84.1 cm³/mol. The first-order valence-corrected chi connectivity index (χ1v) is 7.51. The molecule has 114 valence electrons. The molecule has 0 atom stereocenters. The van der Waals surface area contributed by atoms with E-state index in [1.165, 1.54) is 0 Å². The number of hydrogen-bond acceptors (Lipinski definition) is 2. The summed E-state index contributed by atoms with van der Waals surface area (Å²) in [6, 6.07) is 2.32. The lowest BCUT2D eigenvalue weighted by Gasteiger charge is -2.26. The maximum absolute atomic E-state index is 12.4. The number of nitrogens with two attached hydrogens (primary N) is 1. The van der Waals surface area contributed by atoms with E-state index >= 15 is 0 Å². The van der Waals surface area contributed by atoms with Gasteiger partial charge in [0, 0.05) is 29.5 Å². The van der Waals surface area contributed by atoms with Crippen LogP contribution in [0, 0.1) is 13.8 Å². The Bertz CT molecular complexity index is 470. The van der Waals surface area contributed by atoms with E-state index in [1.807, 2.05) is 19.9 Å². The molecule has 0 saturated heterocycles. The van der Waals surface area contributed by atoms with Gasteiger partial charge in [0.05, 0.1) is 5.56 Å². The fraction of sp³-hybridized carbons (Fsp3) is 0.688. The second kappa shape index (κ2) is 6.44. The lowest BCUT2D eigenvalue weighted by atomic mass is 9.94. The summed E-state index contributed by atoms with van der Waals surface area (Å²) in [6.07, 6.45) is 1.71. The first-order valence-electron chi connectivity index (χ1n) is 7.51. The highest BCUT2D eigenvalue weighted by Gasteiger charge is 2.23. The lowest BCUT2D eigenvalue weighted by Crippen LogP contribution is -2.49. The van der Waals surface area contributed by atoms with Gasteiger partial charge in [-0.15, -0.1) is 0 Å². The Morgan fingerprint density at radius 1 is 1.35 bits per heavy atom. The van der Waals surface area contributed by atoms with Gasteiger partial charge in [0.2, 0.25) is 0 Å². The molecular formula is C16H29N3O. The SMILES string of the molecule is CCC(N)(CC)CNC(=O)c1cc(C)n(C(C)C)c1C. The topological polar surface area (TPSA) is 60.0 Å². The van der Waals surface area contributed by atoms with Crippen LogP contribution in [0.15, 0.2) is 6.07 Å². The van der Waals surface area contributed by atoms with Crippen molar-refractivity contribution in [3.05, 3.63) is 23.0 Å². The van der Waals surface area contributed by atoms with Crippen LogP contribution >= 0.6 is 0 Å². The van der Waals surface area contributed by atoms with Crippen LogP contribution in [-0.2, 0) is 0 Å². The van der Waals surface area contributed by atoms with Crippen LogP contribution in [0.4, 0.5) is 0 Å². The molecule has 0 unspecified atom stereocenters. The maximum atomic E-state index is 12.4. The second-order valence-electron chi connectivity index (χ2n) is 6.00. The first kappa shape index (κ1) is 16.8. The summed E-state index contributed by atoms with van der Waals surface area (Å²) in [6.45, 7) is 12.9. The molecule has 0 aliphatic rings. The van der Waals surface area contributed by atoms with Crippen molar-refractivity contribution in [2.75, 3.05) is 6.54 Å². The monoisotopic (exact) mass is 279 g/mol. The molecular weight excluding hydrogens is 250 g/mol. The minimum atomic E-state index is -0.306. The molecule has 1 amide bonds. The van der Waals surface area contributed by atoms with Gasteiger partial charge in [-0.25, -0.2) is 0 Å². The fourth-order valence-electron chi connectivity index (χ4n) is 2.65. The highest BCUT2D eigenvalue weighted by atomic mass is 16.1. The number of rotatable bonds is 6. The molecule has 0 aromatic carbocycles. The van der Waals surface area contributed by atoms with Crippen molar-refractivity contribution in [3.63, 3.8) is 0 Å². The molecule has 1 heterocycles. The number of hydrogen-bond donors (Lipinski definition) is 2. The highest BCUT2D eigenvalue weighted by Crippen LogP contribution is 2.20. The van der Waals surface area contributed by atoms with E-state index in [1.54, 1.807) is 0 Å². The fourth-order valence-corrected chi connectivity index (χ4v) is 2.65. The van der Waals surface area contributed by atoms with Crippen LogP contribution in [0.3, 0.4) is 0 Å². The van der Waals surface area contributed by atoms with Crippen molar-refractivity contribution < 1.29 is 4.79 Å². The zero-order chi connectivity index (χ0) is 15.5. The molecule has 20 heavy (non-hydrogen) atoms. The zero-order valence-corrected chi connectivity index (χ0v) is 13.7. The summed E-state index contributed by atoms with van der Waals surface area (Å²) in [5.74, 6) is -0.0262. The van der Waals surface area contributed by atoms with E-state index in [0.29, 0.717) is 12.6 Å². The Labute approximate surface area is 122 Å². The predicted octanol–water partition coefficient (Wildman–Crippen LogP) is 2.93. The van der Waals surface area contributed by atoms with Crippen LogP contribution in [0.1, 0.15) is 68.3 Å². The van der Waals surface area contributed by atoms with Gasteiger partial charge in [0.25, 0.3) is 5.91 Å². The maximum Gasteiger partial charge on any atom is 0.253 e. The Kier molecular flexibility index (Phi) is 5.40. The smallest absolute Gasteiger partial charge is 0.253 e. The molecule has 0 aliphatic carbocycles. The molecule has 0 saturated carbocycles. The largest absolute Gasteiger partial charge is 0.350 e. The van der Waals surface area contributed by atoms with E-state index in [4.69, 9.17) is 5.73 Å². The van der Waals surface area contributed by atoms with E-state index in [-0.39, 0.29) is 11.4 Å². The molecule has 0 aliphatic heterocycles. The van der Waals surface area contributed by atoms with Crippen molar-refractivity contribution in [2.24, 2.45) is 5.73 Å². The molecule has 1 aromatic heterocycles. The lowest BCUT2D eigenvalue weighted by molar-refractivity contribution is 0.0941. The van der Waals surface area contributed by atoms with Gasteiger partial charge in [-0.3, -0.25) is 4.79 Å². The quantitative estimate of drug-likeness (QED) is 0.841. The molecule has 0 radical (unpaired) electrons. The van der Waals surface area contributed by atoms with Crippen LogP contribution in [0.25, 0.3) is 0 Å². The van der Waals surface area contributed by atoms with Crippen LogP contribution in [0.2, 0.25) is 0 Å². The van der Waals surface area contributed by atoms with E-state index in [0.717, 1.165) is 29.8 Å². The van der Waals surface area contributed by atoms with Gasteiger partial charge in [-0.2, -0.15) is 0 Å². The second-order valence-corrected chi connectivity index (χ2v) is 6.00. The average molecular weight is 279 g/mol. The Morgan fingerprint density at radius 2 is 1.90 bits per heavy atom. The van der Waals surface area contributed by atoms with Gasteiger partial charge < -0.3 is 15.6 Å². The van der Waals surface area contributed by atoms with Crippen molar-refractivity contribution in [1.29, 1.82) is 0 Å². The van der Waals surface area contributed by atoms with Crippen LogP contribution in [0.5, 0.6) is 0 Å². The Morgan fingerprint density at radius 3 is 2.30 bits per heavy atom. The number of amides is 1. The van der Waals surface area contributed by atoms with Crippen molar-refractivity contribution in [2.45, 2.75) is 66.0 Å².